The third kappa shape index (κ3) is 16.6. The van der Waals surface area contributed by atoms with Crippen molar-refractivity contribution in [1.29, 1.82) is 0 Å². The number of carbonyl (C=O) groups is 1. The van der Waals surface area contributed by atoms with Crippen LogP contribution < -0.4 is 5.32 Å². The summed E-state index contributed by atoms with van der Waals surface area (Å²) >= 11 is 0.995. The first kappa shape index (κ1) is 39.6. The van der Waals surface area contributed by atoms with Crippen LogP contribution >= 0.6 is 11.8 Å². The highest BCUT2D eigenvalue weighted by atomic mass is 32.2. The van der Waals surface area contributed by atoms with Gasteiger partial charge < -0.3 is 40.7 Å². The lowest BCUT2D eigenvalue weighted by molar-refractivity contribution is -0.128. The van der Waals surface area contributed by atoms with Crippen LogP contribution in [0.15, 0.2) is 0 Å². The van der Waals surface area contributed by atoms with Gasteiger partial charge in [0.05, 0.1) is 36.7 Å². The van der Waals surface area contributed by atoms with Crippen molar-refractivity contribution in [2.75, 3.05) is 13.2 Å². The van der Waals surface area contributed by atoms with Crippen LogP contribution in [0.1, 0.15) is 136 Å². The zero-order valence-corrected chi connectivity index (χ0v) is 27.2. The van der Waals surface area contributed by atoms with Crippen LogP contribution in [0.2, 0.25) is 0 Å². The highest BCUT2D eigenvalue weighted by Crippen LogP contribution is 2.33. The predicted octanol–water partition coefficient (Wildman–Crippen LogP) is 4.18. The summed E-state index contributed by atoms with van der Waals surface area (Å²) in [4.78, 5) is 12.7. The lowest BCUT2D eigenvalue weighted by Crippen LogP contribution is -2.56. The average molecular weight is 622 g/mol. The Morgan fingerprint density at radius 2 is 1.24 bits per heavy atom. The summed E-state index contributed by atoms with van der Waals surface area (Å²) in [7, 11) is 0. The van der Waals surface area contributed by atoms with Gasteiger partial charge in [0.2, 0.25) is 5.91 Å². The van der Waals surface area contributed by atoms with Gasteiger partial charge >= 0.3 is 0 Å². The number of carbonyl (C=O) groups excluding carboxylic acids is 1. The van der Waals surface area contributed by atoms with Crippen LogP contribution in [-0.2, 0) is 9.53 Å². The number of nitrogens with one attached hydrogen (secondary N) is 1. The maximum atomic E-state index is 12.7. The summed E-state index contributed by atoms with van der Waals surface area (Å²) in [6.07, 6.45) is 13.6. The third-order valence-electron chi connectivity index (χ3n) is 8.30. The van der Waals surface area contributed by atoms with E-state index in [-0.39, 0.29) is 12.5 Å². The number of amides is 1. The number of aliphatic hydroxyl groups is 6. The minimum absolute atomic E-state index is 0.200. The van der Waals surface area contributed by atoms with E-state index in [4.69, 9.17) is 4.74 Å². The second-order valence-corrected chi connectivity index (χ2v) is 13.4. The molecule has 0 radical (unpaired) electrons. The molecule has 0 aromatic rings. The van der Waals surface area contributed by atoms with E-state index in [9.17, 15) is 35.4 Å². The fourth-order valence-corrected chi connectivity index (χ4v) is 6.66. The topological polar surface area (TPSA) is 160 Å². The van der Waals surface area contributed by atoms with Crippen molar-refractivity contribution in [1.82, 2.24) is 5.32 Å². The Balaban J connectivity index is 2.52. The normalized spacial score (nSPS) is 24.8. The van der Waals surface area contributed by atoms with Crippen molar-refractivity contribution < 1.29 is 40.2 Å². The van der Waals surface area contributed by atoms with E-state index >= 15 is 0 Å². The smallest absolute Gasteiger partial charge is 0.220 e. The molecule has 0 spiro atoms. The Morgan fingerprint density at radius 3 is 1.76 bits per heavy atom. The molecule has 0 bridgehead atoms. The van der Waals surface area contributed by atoms with Crippen molar-refractivity contribution in [3.8, 4) is 0 Å². The van der Waals surface area contributed by atoms with E-state index in [1.807, 2.05) is 0 Å². The molecular formula is C32H63NO8S. The third-order valence-corrected chi connectivity index (χ3v) is 9.76. The van der Waals surface area contributed by atoms with Crippen LogP contribution in [0.3, 0.4) is 0 Å². The zero-order chi connectivity index (χ0) is 31.2. The van der Waals surface area contributed by atoms with Crippen LogP contribution in [0, 0.1) is 0 Å². The summed E-state index contributed by atoms with van der Waals surface area (Å²) in [5.74, 6) is -0.239. The van der Waals surface area contributed by atoms with Crippen molar-refractivity contribution >= 4 is 17.7 Å². The molecule has 1 heterocycles. The predicted molar refractivity (Wildman–Crippen MR) is 169 cm³/mol. The van der Waals surface area contributed by atoms with Gasteiger partial charge in [-0.1, -0.05) is 117 Å². The molecule has 7 N–H and O–H groups in total. The van der Waals surface area contributed by atoms with E-state index in [0.29, 0.717) is 12.8 Å². The molecule has 0 saturated carbocycles. The van der Waals surface area contributed by atoms with Gasteiger partial charge in [-0.05, 0) is 12.8 Å². The molecule has 1 aliphatic heterocycles. The zero-order valence-electron chi connectivity index (χ0n) is 26.4. The molecule has 1 fully saturated rings. The van der Waals surface area contributed by atoms with E-state index in [1.54, 1.807) is 0 Å². The average Bonchev–Trinajstić information content (AvgIpc) is 2.98. The highest BCUT2D eigenvalue weighted by Gasteiger charge is 2.44. The van der Waals surface area contributed by atoms with Gasteiger partial charge in [0.25, 0.3) is 0 Å². The molecule has 1 rings (SSSR count). The van der Waals surface area contributed by atoms with Crippen molar-refractivity contribution in [3.05, 3.63) is 0 Å². The van der Waals surface area contributed by atoms with Crippen molar-refractivity contribution in [2.45, 2.75) is 183 Å². The maximum Gasteiger partial charge on any atom is 0.220 e. The number of thioether (sulfide) groups is 1. The quantitative estimate of drug-likeness (QED) is 0.0703. The van der Waals surface area contributed by atoms with Crippen LogP contribution in [0.4, 0.5) is 0 Å². The second kappa shape index (κ2) is 24.8. The van der Waals surface area contributed by atoms with Gasteiger partial charge in [0.15, 0.2) is 0 Å². The Bertz CT molecular complexity index is 658. The summed E-state index contributed by atoms with van der Waals surface area (Å²) in [6, 6.07) is -0.912. The summed E-state index contributed by atoms with van der Waals surface area (Å²) < 4.78 is 5.80. The highest BCUT2D eigenvalue weighted by molar-refractivity contribution is 8.00. The molecule has 8 atom stereocenters. The first-order valence-electron chi connectivity index (χ1n) is 16.8. The van der Waals surface area contributed by atoms with Crippen LogP contribution in [-0.4, -0.2) is 97.0 Å². The van der Waals surface area contributed by atoms with E-state index in [1.165, 1.54) is 57.8 Å². The number of hydrogen-bond donors (Lipinski definition) is 7. The maximum absolute atomic E-state index is 12.7. The Kier molecular flexibility index (Phi) is 23.4. The first-order chi connectivity index (χ1) is 20.3. The monoisotopic (exact) mass is 621 g/mol. The second-order valence-electron chi connectivity index (χ2n) is 12.1. The van der Waals surface area contributed by atoms with Gasteiger partial charge in [-0.25, -0.2) is 0 Å². The molecule has 0 unspecified atom stereocenters. The van der Waals surface area contributed by atoms with Gasteiger partial charge in [-0.15, -0.1) is 11.8 Å². The summed E-state index contributed by atoms with van der Waals surface area (Å²) in [5, 5.41) is 64.0. The van der Waals surface area contributed by atoms with Gasteiger partial charge in [-0.3, -0.25) is 4.79 Å². The molecule has 0 aromatic carbocycles. The number of aliphatic hydroxyl groups excluding tert-OH is 6. The summed E-state index contributed by atoms with van der Waals surface area (Å²) in [5.41, 5.74) is -0.977. The van der Waals surface area contributed by atoms with Crippen LogP contribution in [0.25, 0.3) is 0 Å². The Labute approximate surface area is 259 Å². The fraction of sp³-hybridized carbons (Fsp3) is 0.969. The SMILES string of the molecule is CCCCCCCCCCCCCC[C@@H](O)[C@@H](O)[C@H](CO[C@H]1S[C@H](CO)[C@H](O)[C@H](O)[C@H]1O)NC(=O)CCCCCCC. The fourth-order valence-electron chi connectivity index (χ4n) is 5.43. The molecular weight excluding hydrogens is 558 g/mol. The van der Waals surface area contributed by atoms with Crippen LogP contribution in [0.5, 0.6) is 0 Å². The molecule has 1 aliphatic rings. The molecule has 0 aromatic heterocycles. The molecule has 42 heavy (non-hydrogen) atoms. The lowest BCUT2D eigenvalue weighted by atomic mass is 9.99. The van der Waals surface area contributed by atoms with Crippen molar-refractivity contribution in [2.24, 2.45) is 0 Å². The Hall–Kier alpha value is -0.460. The standard InChI is InChI=1S/C32H63NO8S/c1-3-5-7-9-10-11-12-13-14-15-17-18-20-25(35)28(37)24(33-27(36)21-19-16-8-6-4-2)23-41-32-31(40)30(39)29(38)26(22-34)42-32/h24-26,28-32,34-35,37-40H,3-23H2,1-2H3,(H,33,36)/t24-,25+,26+,28-,29-,30-,31+,32-/m0/s1. The van der Waals surface area contributed by atoms with Gasteiger partial charge in [-0.2, -0.15) is 0 Å². The molecule has 9 nitrogen and oxygen atoms in total. The molecule has 250 valence electrons. The minimum Gasteiger partial charge on any atom is -0.395 e. The summed E-state index contributed by atoms with van der Waals surface area (Å²) in [6.45, 7) is 3.76. The van der Waals surface area contributed by atoms with Gasteiger partial charge in [0, 0.05) is 6.42 Å². The number of ether oxygens (including phenoxy) is 1. The molecule has 0 aliphatic carbocycles. The lowest BCUT2D eigenvalue weighted by Gasteiger charge is -2.39. The number of hydrogen-bond acceptors (Lipinski definition) is 9. The minimum atomic E-state index is -1.49. The number of rotatable bonds is 26. The number of unbranched alkanes of at least 4 members (excludes halogenated alkanes) is 15. The molecule has 1 amide bonds. The van der Waals surface area contributed by atoms with Gasteiger partial charge in [0.1, 0.15) is 23.7 Å². The Morgan fingerprint density at radius 1 is 0.738 bits per heavy atom. The van der Waals surface area contributed by atoms with E-state index < -0.39 is 53.9 Å². The first-order valence-corrected chi connectivity index (χ1v) is 17.8. The largest absolute Gasteiger partial charge is 0.395 e. The van der Waals surface area contributed by atoms with Crippen molar-refractivity contribution in [3.63, 3.8) is 0 Å². The van der Waals surface area contributed by atoms with E-state index in [0.717, 1.165) is 63.1 Å². The van der Waals surface area contributed by atoms with E-state index in [2.05, 4.69) is 19.2 Å². The molecule has 10 heteroatoms. The molecule has 1 saturated heterocycles.